The Morgan fingerprint density at radius 1 is 1.32 bits per heavy atom. The van der Waals surface area contributed by atoms with Crippen molar-refractivity contribution in [3.05, 3.63) is 44.7 Å². The highest BCUT2D eigenvalue weighted by atomic mass is 79.9. The van der Waals surface area contributed by atoms with Crippen LogP contribution in [0.2, 0.25) is 0 Å². The first-order chi connectivity index (χ1) is 9.22. The van der Waals surface area contributed by atoms with Crippen LogP contribution in [0, 0.1) is 5.92 Å². The molecule has 1 fully saturated rings. The lowest BCUT2D eigenvalue weighted by Crippen LogP contribution is -2.32. The normalized spacial score (nSPS) is 19.7. The molecule has 1 unspecified atom stereocenters. The van der Waals surface area contributed by atoms with Gasteiger partial charge in [-0.25, -0.2) is 0 Å². The summed E-state index contributed by atoms with van der Waals surface area (Å²) in [6, 6.07) is 7.97. The van der Waals surface area contributed by atoms with Crippen LogP contribution in [0.4, 0.5) is 0 Å². The molecule has 1 saturated heterocycles. The fourth-order valence-corrected chi connectivity index (χ4v) is 3.16. The minimum atomic E-state index is 0.0559. The summed E-state index contributed by atoms with van der Waals surface area (Å²) < 4.78 is 1.04. The molecule has 3 rings (SSSR count). The van der Waals surface area contributed by atoms with E-state index in [9.17, 15) is 4.79 Å². The number of aromatic nitrogens is 1. The number of piperidine rings is 1. The minimum absolute atomic E-state index is 0.0559. The Labute approximate surface area is 120 Å². The Morgan fingerprint density at radius 2 is 2.21 bits per heavy atom. The van der Waals surface area contributed by atoms with Crippen LogP contribution in [0.1, 0.15) is 18.4 Å². The topological polar surface area (TPSA) is 44.9 Å². The Hall–Kier alpha value is -1.13. The van der Waals surface area contributed by atoms with Crippen LogP contribution < -0.4 is 10.9 Å². The van der Waals surface area contributed by atoms with Crippen molar-refractivity contribution in [2.45, 2.75) is 19.3 Å². The molecule has 0 amide bonds. The molecule has 0 saturated carbocycles. The first-order valence-electron chi connectivity index (χ1n) is 6.74. The lowest BCUT2D eigenvalue weighted by atomic mass is 9.92. The molecule has 0 radical (unpaired) electrons. The summed E-state index contributed by atoms with van der Waals surface area (Å²) in [4.78, 5) is 15.1. The summed E-state index contributed by atoms with van der Waals surface area (Å²) in [6.07, 6.45) is 3.29. The van der Waals surface area contributed by atoms with Crippen LogP contribution in [-0.4, -0.2) is 18.1 Å². The Morgan fingerprint density at radius 3 is 3.00 bits per heavy atom. The maximum absolute atomic E-state index is 12.1. The van der Waals surface area contributed by atoms with Gasteiger partial charge >= 0.3 is 0 Å². The van der Waals surface area contributed by atoms with Crippen LogP contribution in [0.5, 0.6) is 0 Å². The number of H-pyrrole nitrogens is 1. The van der Waals surface area contributed by atoms with E-state index in [1.807, 2.05) is 24.3 Å². The molecule has 100 valence electrons. The number of nitrogens with one attached hydrogen (secondary N) is 2. The molecule has 0 bridgehead atoms. The molecule has 3 nitrogen and oxygen atoms in total. The number of halogens is 1. The second kappa shape index (κ2) is 5.47. The van der Waals surface area contributed by atoms with E-state index in [0.29, 0.717) is 5.92 Å². The van der Waals surface area contributed by atoms with E-state index < -0.39 is 0 Å². The lowest BCUT2D eigenvalue weighted by Gasteiger charge is -2.22. The van der Waals surface area contributed by atoms with Crippen LogP contribution in [0.15, 0.2) is 33.5 Å². The van der Waals surface area contributed by atoms with Gasteiger partial charge in [-0.1, -0.05) is 15.9 Å². The Balaban J connectivity index is 1.93. The molecule has 1 aromatic carbocycles. The minimum Gasteiger partial charge on any atom is -0.322 e. The molecule has 1 atom stereocenters. The molecule has 1 aliphatic rings. The third-order valence-electron chi connectivity index (χ3n) is 3.79. The van der Waals surface area contributed by atoms with Crippen molar-refractivity contribution in [2.24, 2.45) is 5.92 Å². The van der Waals surface area contributed by atoms with Crippen LogP contribution in [0.25, 0.3) is 10.9 Å². The predicted octanol–water partition coefficient (Wildman–Crippen LogP) is 2.83. The summed E-state index contributed by atoms with van der Waals surface area (Å²) in [6.45, 7) is 2.13. The lowest BCUT2D eigenvalue weighted by molar-refractivity contribution is 0.375. The number of pyridine rings is 1. The smallest absolute Gasteiger partial charge is 0.251 e. The first-order valence-corrected chi connectivity index (χ1v) is 7.54. The highest BCUT2D eigenvalue weighted by molar-refractivity contribution is 9.10. The van der Waals surface area contributed by atoms with Gasteiger partial charge in [-0.2, -0.15) is 0 Å². The number of aromatic amines is 1. The van der Waals surface area contributed by atoms with Gasteiger partial charge in [0.15, 0.2) is 0 Å². The highest BCUT2D eigenvalue weighted by Gasteiger charge is 2.15. The van der Waals surface area contributed by atoms with Crippen molar-refractivity contribution in [3.63, 3.8) is 0 Å². The van der Waals surface area contributed by atoms with Gasteiger partial charge in [-0.15, -0.1) is 0 Å². The van der Waals surface area contributed by atoms with E-state index in [-0.39, 0.29) is 5.56 Å². The largest absolute Gasteiger partial charge is 0.322 e. The maximum Gasteiger partial charge on any atom is 0.251 e. The van der Waals surface area contributed by atoms with Gasteiger partial charge in [0.05, 0.1) is 0 Å². The third kappa shape index (κ3) is 2.90. The number of hydrogen-bond acceptors (Lipinski definition) is 2. The van der Waals surface area contributed by atoms with Crippen molar-refractivity contribution in [1.29, 1.82) is 0 Å². The van der Waals surface area contributed by atoms with E-state index >= 15 is 0 Å². The molecule has 19 heavy (non-hydrogen) atoms. The van der Waals surface area contributed by atoms with Gasteiger partial charge in [-0.3, -0.25) is 4.79 Å². The summed E-state index contributed by atoms with van der Waals surface area (Å²) in [5, 5.41) is 4.49. The fraction of sp³-hybridized carbons (Fsp3) is 0.400. The summed E-state index contributed by atoms with van der Waals surface area (Å²) in [7, 11) is 0. The van der Waals surface area contributed by atoms with Crippen LogP contribution >= 0.6 is 15.9 Å². The zero-order valence-corrected chi connectivity index (χ0v) is 12.3. The fourth-order valence-electron chi connectivity index (χ4n) is 2.78. The van der Waals surface area contributed by atoms with Gasteiger partial charge in [0.25, 0.3) is 5.56 Å². The predicted molar refractivity (Wildman–Crippen MR) is 81.6 cm³/mol. The van der Waals surface area contributed by atoms with Gasteiger partial charge in [0.2, 0.25) is 0 Å². The SMILES string of the molecule is O=c1[nH]c2ccc(Br)cc2cc1CC1CCCNC1. The summed E-state index contributed by atoms with van der Waals surface area (Å²) in [5.41, 5.74) is 1.86. The Kier molecular flexibility index (Phi) is 3.71. The molecular formula is C15H17BrN2O. The average molecular weight is 321 g/mol. The number of hydrogen-bond donors (Lipinski definition) is 2. The van der Waals surface area contributed by atoms with E-state index in [1.165, 1.54) is 12.8 Å². The highest BCUT2D eigenvalue weighted by Crippen LogP contribution is 2.20. The first kappa shape index (κ1) is 12.9. The van der Waals surface area contributed by atoms with Gasteiger partial charge in [0.1, 0.15) is 0 Å². The molecule has 4 heteroatoms. The molecule has 0 aliphatic carbocycles. The Bertz CT molecular complexity index is 644. The summed E-state index contributed by atoms with van der Waals surface area (Å²) in [5.74, 6) is 0.583. The molecule has 2 aromatic rings. The standard InChI is InChI=1S/C15H17BrN2O/c16-13-3-4-14-11(8-13)7-12(15(19)18-14)6-10-2-1-5-17-9-10/h3-4,7-8,10,17H,1-2,5-6,9H2,(H,18,19). The number of rotatable bonds is 2. The van der Waals surface area contributed by atoms with Gasteiger partial charge in [0, 0.05) is 15.6 Å². The van der Waals surface area contributed by atoms with Crippen molar-refractivity contribution < 1.29 is 0 Å². The molecule has 0 spiro atoms. The average Bonchev–Trinajstić information content (AvgIpc) is 2.41. The van der Waals surface area contributed by atoms with E-state index in [0.717, 1.165) is 40.4 Å². The molecule has 2 N–H and O–H groups in total. The van der Waals surface area contributed by atoms with Crippen molar-refractivity contribution in [1.82, 2.24) is 10.3 Å². The van der Waals surface area contributed by atoms with Crippen molar-refractivity contribution >= 4 is 26.8 Å². The van der Waals surface area contributed by atoms with Gasteiger partial charge in [-0.05, 0) is 67.9 Å². The summed E-state index contributed by atoms with van der Waals surface area (Å²) >= 11 is 3.47. The maximum atomic E-state index is 12.1. The van der Waals surface area contributed by atoms with Crippen molar-refractivity contribution in [2.75, 3.05) is 13.1 Å². The monoisotopic (exact) mass is 320 g/mol. The molecular weight excluding hydrogens is 304 g/mol. The van der Waals surface area contributed by atoms with E-state index in [1.54, 1.807) is 0 Å². The second-order valence-electron chi connectivity index (χ2n) is 5.27. The third-order valence-corrected chi connectivity index (χ3v) is 4.28. The van der Waals surface area contributed by atoms with E-state index in [4.69, 9.17) is 0 Å². The van der Waals surface area contributed by atoms with Crippen molar-refractivity contribution in [3.8, 4) is 0 Å². The van der Waals surface area contributed by atoms with Crippen LogP contribution in [-0.2, 0) is 6.42 Å². The molecule has 1 aliphatic heterocycles. The zero-order valence-electron chi connectivity index (χ0n) is 10.7. The number of fused-ring (bicyclic) bond motifs is 1. The second-order valence-corrected chi connectivity index (χ2v) is 6.19. The molecule has 2 heterocycles. The van der Waals surface area contributed by atoms with Gasteiger partial charge < -0.3 is 10.3 Å². The molecule has 1 aromatic heterocycles. The zero-order chi connectivity index (χ0) is 13.2. The van der Waals surface area contributed by atoms with Crippen LogP contribution in [0.3, 0.4) is 0 Å². The quantitative estimate of drug-likeness (QED) is 0.893. The van der Waals surface area contributed by atoms with E-state index in [2.05, 4.69) is 26.2 Å². The number of benzene rings is 1.